The molecule has 2 fully saturated rings. The van der Waals surface area contributed by atoms with E-state index in [9.17, 15) is 4.79 Å². The zero-order valence-corrected chi connectivity index (χ0v) is 16.5. The quantitative estimate of drug-likeness (QED) is 0.861. The Morgan fingerprint density at radius 1 is 1.11 bits per heavy atom. The van der Waals surface area contributed by atoms with E-state index < -0.39 is 0 Å². The van der Waals surface area contributed by atoms with Gasteiger partial charge < -0.3 is 10.2 Å². The highest BCUT2D eigenvalue weighted by atomic mass is 35.5. The Balaban J connectivity index is 1.33. The minimum Gasteiger partial charge on any atom is -0.352 e. The van der Waals surface area contributed by atoms with Gasteiger partial charge in [-0.1, -0.05) is 41.9 Å². The Morgan fingerprint density at radius 2 is 1.81 bits per heavy atom. The summed E-state index contributed by atoms with van der Waals surface area (Å²) in [5, 5.41) is 3.94. The molecule has 1 amide bonds. The molecule has 1 unspecified atom stereocenters. The van der Waals surface area contributed by atoms with Gasteiger partial charge in [-0.2, -0.15) is 0 Å². The Morgan fingerprint density at radius 3 is 2.52 bits per heavy atom. The van der Waals surface area contributed by atoms with Crippen LogP contribution in [0, 0.1) is 11.3 Å². The Labute approximate surface area is 166 Å². The van der Waals surface area contributed by atoms with Crippen LogP contribution < -0.4 is 5.32 Å². The Kier molecular flexibility index (Phi) is 5.22. The van der Waals surface area contributed by atoms with Crippen LogP contribution >= 0.6 is 11.6 Å². The van der Waals surface area contributed by atoms with Gasteiger partial charge in [0, 0.05) is 55.3 Å². The summed E-state index contributed by atoms with van der Waals surface area (Å²) in [5.41, 5.74) is 2.33. The number of amides is 1. The third kappa shape index (κ3) is 4.03. The van der Waals surface area contributed by atoms with Crippen LogP contribution in [0.3, 0.4) is 0 Å². The molecule has 2 aromatic rings. The summed E-state index contributed by atoms with van der Waals surface area (Å²) in [4.78, 5) is 17.3. The third-order valence-electron chi connectivity index (χ3n) is 5.92. The van der Waals surface area contributed by atoms with Crippen molar-refractivity contribution in [3.63, 3.8) is 0 Å². The smallest absolute Gasteiger partial charge is 0.251 e. The molecule has 2 aliphatic heterocycles. The lowest BCUT2D eigenvalue weighted by molar-refractivity contribution is -0.0260. The predicted molar refractivity (Wildman–Crippen MR) is 109 cm³/mol. The fourth-order valence-corrected chi connectivity index (χ4v) is 4.78. The van der Waals surface area contributed by atoms with Gasteiger partial charge in [0.25, 0.3) is 5.91 Å². The van der Waals surface area contributed by atoms with Crippen LogP contribution in [0.2, 0.25) is 5.02 Å². The first-order valence-electron chi connectivity index (χ1n) is 9.53. The van der Waals surface area contributed by atoms with Gasteiger partial charge in [-0.3, -0.25) is 9.69 Å². The zero-order valence-electron chi connectivity index (χ0n) is 15.7. The number of rotatable bonds is 5. The van der Waals surface area contributed by atoms with Crippen molar-refractivity contribution in [2.75, 3.05) is 39.8 Å². The van der Waals surface area contributed by atoms with Gasteiger partial charge in [-0.15, -0.1) is 0 Å². The van der Waals surface area contributed by atoms with E-state index in [1.54, 1.807) is 0 Å². The zero-order chi connectivity index (χ0) is 18.9. The van der Waals surface area contributed by atoms with E-state index in [1.807, 2.05) is 42.5 Å². The highest BCUT2D eigenvalue weighted by Gasteiger charge is 2.52. The number of halogens is 1. The van der Waals surface area contributed by atoms with E-state index in [2.05, 4.69) is 34.3 Å². The monoisotopic (exact) mass is 383 g/mol. The van der Waals surface area contributed by atoms with Crippen molar-refractivity contribution in [2.24, 2.45) is 11.3 Å². The Bertz CT molecular complexity index is 787. The summed E-state index contributed by atoms with van der Waals surface area (Å²) in [6.07, 6.45) is 0. The van der Waals surface area contributed by atoms with E-state index >= 15 is 0 Å². The van der Waals surface area contributed by atoms with E-state index in [0.717, 1.165) is 49.9 Å². The van der Waals surface area contributed by atoms with Crippen molar-refractivity contribution in [1.82, 2.24) is 15.1 Å². The minimum absolute atomic E-state index is 0.0256. The first-order valence-corrected chi connectivity index (χ1v) is 9.90. The van der Waals surface area contributed by atoms with Crippen LogP contribution in [-0.2, 0) is 6.54 Å². The number of nitrogens with zero attached hydrogens (tertiary/aromatic N) is 2. The second-order valence-corrected chi connectivity index (χ2v) is 8.54. The van der Waals surface area contributed by atoms with Crippen LogP contribution in [0.25, 0.3) is 0 Å². The van der Waals surface area contributed by atoms with E-state index in [1.165, 1.54) is 5.56 Å². The predicted octanol–water partition coefficient (Wildman–Crippen LogP) is 3.13. The first kappa shape index (κ1) is 18.5. The van der Waals surface area contributed by atoms with Gasteiger partial charge in [0.1, 0.15) is 0 Å². The lowest BCUT2D eigenvalue weighted by Gasteiger charge is -2.51. The molecule has 0 aromatic heterocycles. The fraction of sp³-hybridized carbons (Fsp3) is 0.409. The molecule has 2 aromatic carbocycles. The molecule has 0 radical (unpaired) electrons. The number of nitrogens with one attached hydrogen (secondary N) is 1. The van der Waals surface area contributed by atoms with Gasteiger partial charge in [0.05, 0.1) is 0 Å². The number of hydrogen-bond donors (Lipinski definition) is 1. The maximum absolute atomic E-state index is 12.4. The number of carbonyl (C=O) groups excluding carboxylic acids is 1. The average Bonchev–Trinajstić information content (AvgIpc) is 2.98. The topological polar surface area (TPSA) is 35.6 Å². The maximum Gasteiger partial charge on any atom is 0.251 e. The first-order chi connectivity index (χ1) is 13.0. The molecule has 0 bridgehead atoms. The number of likely N-dealkylation sites (tertiary alicyclic amines) is 2. The molecule has 4 nitrogen and oxygen atoms in total. The normalized spacial score (nSPS) is 21.9. The average molecular weight is 384 g/mol. The molecule has 2 saturated heterocycles. The Hall–Kier alpha value is -1.88. The van der Waals surface area contributed by atoms with Gasteiger partial charge >= 0.3 is 0 Å². The van der Waals surface area contributed by atoms with Gasteiger partial charge in [-0.05, 0) is 42.8 Å². The van der Waals surface area contributed by atoms with Crippen molar-refractivity contribution in [2.45, 2.75) is 6.54 Å². The summed E-state index contributed by atoms with van der Waals surface area (Å²) in [6.45, 7) is 6.04. The molecular formula is C22H26ClN3O. The van der Waals surface area contributed by atoms with Crippen LogP contribution in [0.1, 0.15) is 15.9 Å². The molecular weight excluding hydrogens is 358 g/mol. The van der Waals surface area contributed by atoms with Crippen LogP contribution in [0.4, 0.5) is 0 Å². The maximum atomic E-state index is 12.4. The molecule has 2 heterocycles. The molecule has 5 heteroatoms. The number of benzene rings is 2. The van der Waals surface area contributed by atoms with Crippen LogP contribution in [0.15, 0.2) is 54.6 Å². The number of carbonyl (C=O) groups is 1. The second kappa shape index (κ2) is 7.63. The summed E-state index contributed by atoms with van der Waals surface area (Å²) in [6, 6.07) is 17.6. The number of hydrogen-bond acceptors (Lipinski definition) is 3. The highest BCUT2D eigenvalue weighted by Crippen LogP contribution is 2.43. The van der Waals surface area contributed by atoms with Crippen molar-refractivity contribution in [1.29, 1.82) is 0 Å². The lowest BCUT2D eigenvalue weighted by atomic mass is 9.71. The van der Waals surface area contributed by atoms with Crippen molar-refractivity contribution in [3.05, 3.63) is 70.7 Å². The fourth-order valence-electron chi connectivity index (χ4n) is 4.65. The van der Waals surface area contributed by atoms with Crippen LogP contribution in [-0.4, -0.2) is 55.5 Å². The third-order valence-corrected chi connectivity index (χ3v) is 6.18. The molecule has 1 N–H and O–H groups in total. The summed E-state index contributed by atoms with van der Waals surface area (Å²) in [5.74, 6) is 0.522. The largest absolute Gasteiger partial charge is 0.352 e. The summed E-state index contributed by atoms with van der Waals surface area (Å²) < 4.78 is 0. The molecule has 2 aliphatic rings. The summed E-state index contributed by atoms with van der Waals surface area (Å²) >= 11 is 5.98. The van der Waals surface area contributed by atoms with Crippen molar-refractivity contribution >= 4 is 17.5 Å². The molecule has 4 rings (SSSR count). The molecule has 142 valence electrons. The minimum atomic E-state index is 0.0256. The summed E-state index contributed by atoms with van der Waals surface area (Å²) in [7, 11) is 2.18. The van der Waals surface area contributed by atoms with Crippen LogP contribution in [0.5, 0.6) is 0 Å². The van der Waals surface area contributed by atoms with Gasteiger partial charge in [-0.25, -0.2) is 0 Å². The molecule has 0 aliphatic carbocycles. The standard InChI is InChI=1S/C22H26ClN3O/c1-25-13-19(11-24-21(27)18-5-3-2-4-6-18)22(14-25)15-26(16-22)12-17-7-9-20(23)10-8-17/h2-10,19H,11-16H2,1H3,(H,24,27). The van der Waals surface area contributed by atoms with Gasteiger partial charge in [0.15, 0.2) is 0 Å². The van der Waals surface area contributed by atoms with E-state index in [4.69, 9.17) is 11.6 Å². The van der Waals surface area contributed by atoms with Crippen molar-refractivity contribution in [3.8, 4) is 0 Å². The highest BCUT2D eigenvalue weighted by molar-refractivity contribution is 6.30. The van der Waals surface area contributed by atoms with E-state index in [0.29, 0.717) is 11.3 Å². The lowest BCUT2D eigenvalue weighted by Crippen LogP contribution is -2.61. The molecule has 1 atom stereocenters. The van der Waals surface area contributed by atoms with E-state index in [-0.39, 0.29) is 5.91 Å². The second-order valence-electron chi connectivity index (χ2n) is 8.10. The molecule has 0 saturated carbocycles. The SMILES string of the molecule is CN1CC(CNC(=O)c2ccccc2)C2(C1)CN(Cc1ccc(Cl)cc1)C2. The van der Waals surface area contributed by atoms with Crippen molar-refractivity contribution < 1.29 is 4.79 Å². The molecule has 27 heavy (non-hydrogen) atoms. The van der Waals surface area contributed by atoms with Gasteiger partial charge in [0.2, 0.25) is 0 Å². The molecule has 1 spiro atoms.